The van der Waals surface area contributed by atoms with E-state index in [1.54, 1.807) is 12.3 Å². The first-order valence-corrected chi connectivity index (χ1v) is 11.1. The fourth-order valence-corrected chi connectivity index (χ4v) is 5.64. The molecule has 27 heavy (non-hydrogen) atoms. The number of nitrogens with zero attached hydrogens (tertiary/aromatic N) is 2. The highest BCUT2D eigenvalue weighted by Gasteiger charge is 2.25. The summed E-state index contributed by atoms with van der Waals surface area (Å²) in [5.41, 5.74) is 1.95. The first kappa shape index (κ1) is 18.5. The van der Waals surface area contributed by atoms with Crippen LogP contribution < -0.4 is 5.32 Å². The van der Waals surface area contributed by atoms with Crippen molar-refractivity contribution in [1.29, 1.82) is 0 Å². The van der Waals surface area contributed by atoms with Gasteiger partial charge in [-0.15, -0.1) is 0 Å². The van der Waals surface area contributed by atoms with Crippen molar-refractivity contribution >= 4 is 35.5 Å². The fraction of sp³-hybridized carbons (Fsp3) is 0.571. The molecule has 2 saturated heterocycles. The van der Waals surface area contributed by atoms with E-state index in [0.29, 0.717) is 18.7 Å². The number of likely N-dealkylation sites (tertiary alicyclic amines) is 1. The van der Waals surface area contributed by atoms with Crippen LogP contribution in [0.15, 0.2) is 18.3 Å². The third kappa shape index (κ3) is 4.72. The topological polar surface area (TPSA) is 62.3 Å². The molecule has 0 radical (unpaired) electrons. The van der Waals surface area contributed by atoms with E-state index in [1.165, 1.54) is 25.0 Å². The SMILES string of the molecule is O=C1CCc2cc(C=CC(=O)N3CCC(CC4CCCS4)CC3)cnc2N1. The van der Waals surface area contributed by atoms with Gasteiger partial charge in [0.1, 0.15) is 5.82 Å². The molecule has 0 aromatic carbocycles. The molecule has 4 rings (SSSR count). The quantitative estimate of drug-likeness (QED) is 0.806. The van der Waals surface area contributed by atoms with Crippen LogP contribution in [0.5, 0.6) is 0 Å². The number of carbonyl (C=O) groups excluding carboxylic acids is 2. The molecule has 0 bridgehead atoms. The van der Waals surface area contributed by atoms with Gasteiger partial charge in [-0.05, 0) is 73.5 Å². The number of aromatic nitrogens is 1. The number of nitrogens with one attached hydrogen (secondary N) is 1. The van der Waals surface area contributed by atoms with Crippen LogP contribution >= 0.6 is 11.8 Å². The van der Waals surface area contributed by atoms with Crippen LogP contribution in [0, 0.1) is 5.92 Å². The molecule has 1 aromatic rings. The molecule has 144 valence electrons. The summed E-state index contributed by atoms with van der Waals surface area (Å²) in [5.74, 6) is 2.88. The molecule has 0 spiro atoms. The third-order valence-electron chi connectivity index (χ3n) is 5.83. The van der Waals surface area contributed by atoms with E-state index in [0.717, 1.165) is 48.2 Å². The molecule has 0 saturated carbocycles. The van der Waals surface area contributed by atoms with Crippen molar-refractivity contribution in [1.82, 2.24) is 9.88 Å². The second-order valence-electron chi connectivity index (χ2n) is 7.80. The first-order chi connectivity index (χ1) is 13.2. The van der Waals surface area contributed by atoms with Crippen molar-refractivity contribution in [2.24, 2.45) is 5.92 Å². The number of pyridine rings is 1. The lowest BCUT2D eigenvalue weighted by molar-refractivity contribution is -0.127. The Morgan fingerprint density at radius 3 is 2.93 bits per heavy atom. The number of fused-ring (bicyclic) bond motifs is 1. The molecule has 4 heterocycles. The van der Waals surface area contributed by atoms with Gasteiger partial charge in [0.2, 0.25) is 11.8 Å². The Hall–Kier alpha value is -1.82. The van der Waals surface area contributed by atoms with E-state index < -0.39 is 0 Å². The number of anilines is 1. The van der Waals surface area contributed by atoms with Gasteiger partial charge in [-0.3, -0.25) is 9.59 Å². The van der Waals surface area contributed by atoms with Gasteiger partial charge >= 0.3 is 0 Å². The number of amides is 2. The lowest BCUT2D eigenvalue weighted by atomic mass is 9.91. The van der Waals surface area contributed by atoms with Crippen LogP contribution in [0.25, 0.3) is 6.08 Å². The largest absolute Gasteiger partial charge is 0.339 e. The van der Waals surface area contributed by atoms with E-state index in [2.05, 4.69) is 22.1 Å². The van der Waals surface area contributed by atoms with Gasteiger partial charge in [-0.25, -0.2) is 4.98 Å². The van der Waals surface area contributed by atoms with Crippen molar-refractivity contribution in [2.75, 3.05) is 24.2 Å². The van der Waals surface area contributed by atoms with Crippen molar-refractivity contribution in [3.63, 3.8) is 0 Å². The Balaban J connectivity index is 1.28. The minimum atomic E-state index is 0.0170. The molecule has 2 fully saturated rings. The lowest BCUT2D eigenvalue weighted by Crippen LogP contribution is -2.38. The fourth-order valence-electron chi connectivity index (χ4n) is 4.23. The predicted octanol–water partition coefficient (Wildman–Crippen LogP) is 3.50. The maximum atomic E-state index is 12.5. The van der Waals surface area contributed by atoms with Crippen LogP contribution in [0.2, 0.25) is 0 Å². The summed E-state index contributed by atoms with van der Waals surface area (Å²) in [7, 11) is 0. The molecule has 1 N–H and O–H groups in total. The van der Waals surface area contributed by atoms with Crippen LogP contribution in [0.4, 0.5) is 5.82 Å². The summed E-state index contributed by atoms with van der Waals surface area (Å²) in [5, 5.41) is 3.64. The Bertz CT molecular complexity index is 735. The molecule has 0 aliphatic carbocycles. The molecule has 1 atom stereocenters. The molecule has 2 amide bonds. The Morgan fingerprint density at radius 1 is 1.30 bits per heavy atom. The standard InChI is InChI=1S/C21H27N3O2S/c25-19-5-4-17-12-16(14-22-21(17)23-19)3-6-20(26)24-9-7-15(8-10-24)13-18-2-1-11-27-18/h3,6,12,14-15,18H,1-2,4-5,7-11,13H2,(H,22,23,25). The molecule has 6 heteroatoms. The number of hydrogen-bond donors (Lipinski definition) is 1. The number of carbonyl (C=O) groups is 2. The summed E-state index contributed by atoms with van der Waals surface area (Å²) in [6.45, 7) is 1.75. The van der Waals surface area contributed by atoms with Crippen LogP contribution in [0.3, 0.4) is 0 Å². The van der Waals surface area contributed by atoms with Crippen molar-refractivity contribution < 1.29 is 9.59 Å². The average molecular weight is 386 g/mol. The summed E-state index contributed by atoms with van der Waals surface area (Å²) in [6.07, 6.45) is 12.8. The number of rotatable bonds is 4. The monoisotopic (exact) mass is 385 g/mol. The zero-order chi connectivity index (χ0) is 18.6. The lowest BCUT2D eigenvalue weighted by Gasteiger charge is -2.32. The number of piperidine rings is 1. The number of thioether (sulfide) groups is 1. The molecule has 1 unspecified atom stereocenters. The highest BCUT2D eigenvalue weighted by Crippen LogP contribution is 2.34. The molecular weight excluding hydrogens is 358 g/mol. The summed E-state index contributed by atoms with van der Waals surface area (Å²) in [4.78, 5) is 30.2. The van der Waals surface area contributed by atoms with Gasteiger partial charge in [-0.2, -0.15) is 11.8 Å². The van der Waals surface area contributed by atoms with Crippen LogP contribution in [0.1, 0.15) is 49.7 Å². The summed E-state index contributed by atoms with van der Waals surface area (Å²) >= 11 is 2.14. The number of hydrogen-bond acceptors (Lipinski definition) is 4. The predicted molar refractivity (Wildman–Crippen MR) is 110 cm³/mol. The second-order valence-corrected chi connectivity index (χ2v) is 9.21. The first-order valence-electron chi connectivity index (χ1n) is 10.0. The van der Waals surface area contributed by atoms with Crippen LogP contribution in [-0.2, 0) is 16.0 Å². The molecule has 3 aliphatic heterocycles. The molecule has 3 aliphatic rings. The minimum absolute atomic E-state index is 0.0170. The summed E-state index contributed by atoms with van der Waals surface area (Å²) < 4.78 is 0. The van der Waals surface area contributed by atoms with Gasteiger partial charge in [0.05, 0.1) is 0 Å². The van der Waals surface area contributed by atoms with Gasteiger partial charge in [-0.1, -0.05) is 0 Å². The van der Waals surface area contributed by atoms with Crippen LogP contribution in [-0.4, -0.2) is 45.8 Å². The van der Waals surface area contributed by atoms with E-state index in [4.69, 9.17) is 0 Å². The molecule has 1 aromatic heterocycles. The normalized spacial score (nSPS) is 23.5. The average Bonchev–Trinajstić information content (AvgIpc) is 3.19. The highest BCUT2D eigenvalue weighted by atomic mass is 32.2. The Labute approximate surface area is 165 Å². The van der Waals surface area contributed by atoms with Gasteiger partial charge in [0.25, 0.3) is 0 Å². The molecular formula is C21H27N3O2S. The van der Waals surface area contributed by atoms with E-state index in [-0.39, 0.29) is 11.8 Å². The smallest absolute Gasteiger partial charge is 0.246 e. The van der Waals surface area contributed by atoms with Crippen molar-refractivity contribution in [3.8, 4) is 0 Å². The van der Waals surface area contributed by atoms with E-state index >= 15 is 0 Å². The minimum Gasteiger partial charge on any atom is -0.339 e. The summed E-state index contributed by atoms with van der Waals surface area (Å²) in [6, 6.07) is 2.01. The Morgan fingerprint density at radius 2 is 2.15 bits per heavy atom. The second kappa shape index (κ2) is 8.46. The van der Waals surface area contributed by atoms with Gasteiger partial charge < -0.3 is 10.2 Å². The van der Waals surface area contributed by atoms with Crippen molar-refractivity contribution in [2.45, 2.75) is 50.2 Å². The Kier molecular flexibility index (Phi) is 5.81. The number of aryl methyl sites for hydroxylation is 1. The highest BCUT2D eigenvalue weighted by molar-refractivity contribution is 8.00. The third-order valence-corrected chi connectivity index (χ3v) is 7.26. The van der Waals surface area contributed by atoms with Crippen molar-refractivity contribution in [3.05, 3.63) is 29.5 Å². The zero-order valence-electron chi connectivity index (χ0n) is 15.7. The van der Waals surface area contributed by atoms with Gasteiger partial charge in [0.15, 0.2) is 0 Å². The maximum absolute atomic E-state index is 12.5. The zero-order valence-corrected chi connectivity index (χ0v) is 16.5. The van der Waals surface area contributed by atoms with E-state index in [9.17, 15) is 9.59 Å². The van der Waals surface area contributed by atoms with E-state index in [1.807, 2.05) is 17.0 Å². The maximum Gasteiger partial charge on any atom is 0.246 e. The molecule has 5 nitrogen and oxygen atoms in total. The van der Waals surface area contributed by atoms with Gasteiger partial charge in [0, 0.05) is 37.0 Å².